The summed E-state index contributed by atoms with van der Waals surface area (Å²) >= 11 is 0. The molecule has 1 atom stereocenters. The van der Waals surface area contributed by atoms with E-state index in [-0.39, 0.29) is 11.4 Å². The molecule has 3 heteroatoms. The first-order chi connectivity index (χ1) is 19.5. The monoisotopic (exact) mass is 542 g/mol. The lowest BCUT2D eigenvalue weighted by atomic mass is 9.71. The van der Waals surface area contributed by atoms with Gasteiger partial charge in [-0.2, -0.15) is 0 Å². The molecule has 5 rings (SSSR count). The van der Waals surface area contributed by atoms with Crippen molar-refractivity contribution in [2.24, 2.45) is 17.8 Å². The molecule has 0 radical (unpaired) electrons. The molecule has 2 aliphatic rings. The molecule has 0 aromatic heterocycles. The van der Waals surface area contributed by atoms with Gasteiger partial charge in [-0.15, -0.1) is 0 Å². The van der Waals surface area contributed by atoms with Crippen LogP contribution in [-0.4, -0.2) is 0 Å². The summed E-state index contributed by atoms with van der Waals surface area (Å²) in [4.78, 5) is 0. The van der Waals surface area contributed by atoms with Crippen LogP contribution >= 0.6 is 0 Å². The van der Waals surface area contributed by atoms with Gasteiger partial charge in [-0.3, -0.25) is 0 Å². The van der Waals surface area contributed by atoms with Crippen molar-refractivity contribution in [2.75, 3.05) is 0 Å². The van der Waals surface area contributed by atoms with Crippen LogP contribution in [0.15, 0.2) is 72.8 Å². The number of benzene rings is 3. The highest BCUT2D eigenvalue weighted by atomic mass is 19.2. The molecule has 0 N–H and O–H groups in total. The van der Waals surface area contributed by atoms with Gasteiger partial charge in [-0.05, 0) is 116 Å². The van der Waals surface area contributed by atoms with Gasteiger partial charge in [0.25, 0.3) is 0 Å². The van der Waals surface area contributed by atoms with E-state index in [1.165, 1.54) is 37.7 Å². The van der Waals surface area contributed by atoms with Crippen LogP contribution in [0, 0.1) is 35.2 Å². The number of unbranched alkanes of at least 4 members (excludes halogenated alkanes) is 1. The number of allylic oxidation sites excluding steroid dienone is 4. The first-order valence-electron chi connectivity index (χ1n) is 15.2. The topological polar surface area (TPSA) is 0 Å². The van der Waals surface area contributed by atoms with E-state index in [1.807, 2.05) is 19.1 Å². The van der Waals surface area contributed by atoms with Gasteiger partial charge in [0.15, 0.2) is 11.6 Å². The molecule has 0 nitrogen and oxygen atoms in total. The van der Waals surface area contributed by atoms with Crippen molar-refractivity contribution >= 4 is 5.57 Å². The SMILES string of the molecule is C/C=C/C1CCC(C2CC=C(c3ccc(-c4ccc(-c5ccc(CCCC)c(F)c5F)cc4)c(F)c3)CC2)CC1. The van der Waals surface area contributed by atoms with E-state index in [1.54, 1.807) is 42.5 Å². The van der Waals surface area contributed by atoms with E-state index in [4.69, 9.17) is 0 Å². The second-order valence-corrected chi connectivity index (χ2v) is 11.7. The highest BCUT2D eigenvalue weighted by molar-refractivity contribution is 5.74. The van der Waals surface area contributed by atoms with Gasteiger partial charge in [0.05, 0.1) is 0 Å². The Labute approximate surface area is 238 Å². The lowest BCUT2D eigenvalue weighted by Crippen LogP contribution is -2.22. The van der Waals surface area contributed by atoms with Gasteiger partial charge >= 0.3 is 0 Å². The van der Waals surface area contributed by atoms with Crippen LogP contribution in [-0.2, 0) is 6.42 Å². The van der Waals surface area contributed by atoms with E-state index in [9.17, 15) is 8.78 Å². The number of hydrogen-bond acceptors (Lipinski definition) is 0. The van der Waals surface area contributed by atoms with E-state index >= 15 is 4.39 Å². The Morgan fingerprint density at radius 2 is 1.43 bits per heavy atom. The summed E-state index contributed by atoms with van der Waals surface area (Å²) in [5.41, 5.74) is 4.68. The second-order valence-electron chi connectivity index (χ2n) is 11.7. The molecule has 0 saturated heterocycles. The van der Waals surface area contributed by atoms with Crippen molar-refractivity contribution in [2.45, 2.75) is 78.1 Å². The highest BCUT2D eigenvalue weighted by Crippen LogP contribution is 2.42. The lowest BCUT2D eigenvalue weighted by molar-refractivity contribution is 0.212. The average molecular weight is 543 g/mol. The van der Waals surface area contributed by atoms with Gasteiger partial charge in [0.1, 0.15) is 5.82 Å². The molecule has 1 saturated carbocycles. The predicted molar refractivity (Wildman–Crippen MR) is 161 cm³/mol. The number of halogens is 3. The third kappa shape index (κ3) is 6.29. The van der Waals surface area contributed by atoms with Crippen molar-refractivity contribution in [3.8, 4) is 22.3 Å². The Morgan fingerprint density at radius 3 is 2.05 bits per heavy atom. The van der Waals surface area contributed by atoms with Crippen LogP contribution in [0.25, 0.3) is 27.8 Å². The first kappa shape index (κ1) is 28.5. The molecular weight excluding hydrogens is 501 g/mol. The Morgan fingerprint density at radius 1 is 0.750 bits per heavy atom. The van der Waals surface area contributed by atoms with E-state index in [0.29, 0.717) is 23.1 Å². The summed E-state index contributed by atoms with van der Waals surface area (Å²) in [6.07, 6.45) is 17.8. The molecule has 40 heavy (non-hydrogen) atoms. The molecule has 3 aromatic rings. The zero-order valence-corrected chi connectivity index (χ0v) is 23.9. The van der Waals surface area contributed by atoms with Crippen LogP contribution in [0.1, 0.15) is 82.8 Å². The number of aryl methyl sites for hydroxylation is 1. The van der Waals surface area contributed by atoms with E-state index in [2.05, 4.69) is 25.2 Å². The maximum atomic E-state index is 15.3. The maximum absolute atomic E-state index is 15.3. The molecule has 0 bridgehead atoms. The Bertz CT molecular complexity index is 1360. The fourth-order valence-electron chi connectivity index (χ4n) is 6.78. The van der Waals surface area contributed by atoms with E-state index < -0.39 is 11.6 Å². The maximum Gasteiger partial charge on any atom is 0.166 e. The smallest absolute Gasteiger partial charge is 0.166 e. The van der Waals surface area contributed by atoms with Crippen molar-refractivity contribution < 1.29 is 13.2 Å². The average Bonchev–Trinajstić information content (AvgIpc) is 2.99. The summed E-state index contributed by atoms with van der Waals surface area (Å²) < 4.78 is 44.7. The Balaban J connectivity index is 1.25. The van der Waals surface area contributed by atoms with Crippen molar-refractivity contribution in [1.29, 1.82) is 0 Å². The summed E-state index contributed by atoms with van der Waals surface area (Å²) in [6.45, 7) is 4.14. The van der Waals surface area contributed by atoms with Gasteiger partial charge in [-0.1, -0.05) is 80.1 Å². The lowest BCUT2D eigenvalue weighted by Gasteiger charge is -2.34. The summed E-state index contributed by atoms with van der Waals surface area (Å²) in [5, 5.41) is 0. The highest BCUT2D eigenvalue weighted by Gasteiger charge is 2.28. The molecule has 3 aromatic carbocycles. The van der Waals surface area contributed by atoms with Gasteiger partial charge in [0, 0.05) is 11.1 Å². The zero-order chi connectivity index (χ0) is 28.1. The fourth-order valence-corrected chi connectivity index (χ4v) is 6.78. The normalized spacial score (nSPS) is 21.5. The first-order valence-corrected chi connectivity index (χ1v) is 15.2. The summed E-state index contributed by atoms with van der Waals surface area (Å²) in [7, 11) is 0. The van der Waals surface area contributed by atoms with Crippen LogP contribution in [0.5, 0.6) is 0 Å². The zero-order valence-electron chi connectivity index (χ0n) is 23.9. The molecule has 1 unspecified atom stereocenters. The third-order valence-electron chi connectivity index (χ3n) is 9.21. The predicted octanol–water partition coefficient (Wildman–Crippen LogP) is 11.3. The molecule has 210 valence electrons. The fraction of sp³-hybridized carbons (Fsp3) is 0.405. The quantitative estimate of drug-likeness (QED) is 0.248. The van der Waals surface area contributed by atoms with Crippen LogP contribution in [0.2, 0.25) is 0 Å². The number of rotatable bonds is 8. The van der Waals surface area contributed by atoms with E-state index in [0.717, 1.165) is 54.6 Å². The molecule has 2 aliphatic carbocycles. The van der Waals surface area contributed by atoms with Crippen LogP contribution in [0.3, 0.4) is 0 Å². The van der Waals surface area contributed by atoms with Gasteiger partial charge < -0.3 is 0 Å². The van der Waals surface area contributed by atoms with Crippen molar-refractivity contribution in [3.05, 3.63) is 101 Å². The van der Waals surface area contributed by atoms with Crippen LogP contribution < -0.4 is 0 Å². The molecule has 1 fully saturated rings. The standard InChI is InChI=1S/C37H41F3/c1-3-5-7-31-20-23-34(37(40)36(31)39)30-18-16-29(17-19-30)33-22-21-32(24-35(33)38)28-14-12-27(13-15-28)26-10-8-25(6-4-2)9-11-26/h4,6,14,16-27H,3,5,7-13,15H2,1-2H3/b6-4+. The van der Waals surface area contributed by atoms with Crippen molar-refractivity contribution in [3.63, 3.8) is 0 Å². The minimum Gasteiger partial charge on any atom is -0.206 e. The van der Waals surface area contributed by atoms with Gasteiger partial charge in [-0.25, -0.2) is 13.2 Å². The second kappa shape index (κ2) is 13.1. The summed E-state index contributed by atoms with van der Waals surface area (Å²) in [5.74, 6) is 0.500. The van der Waals surface area contributed by atoms with Crippen molar-refractivity contribution in [1.82, 2.24) is 0 Å². The van der Waals surface area contributed by atoms with Crippen LogP contribution in [0.4, 0.5) is 13.2 Å². The third-order valence-corrected chi connectivity index (χ3v) is 9.21. The summed E-state index contributed by atoms with van der Waals surface area (Å²) in [6, 6.07) is 15.9. The molecule has 0 spiro atoms. The minimum absolute atomic E-state index is 0.230. The van der Waals surface area contributed by atoms with Gasteiger partial charge in [0.2, 0.25) is 0 Å². The Hall–Kier alpha value is -3.07. The molecule has 0 aliphatic heterocycles. The molecule has 0 heterocycles. The number of hydrogen-bond donors (Lipinski definition) is 0. The molecular formula is C37H41F3. The Kier molecular flexibility index (Phi) is 9.29. The largest absolute Gasteiger partial charge is 0.206 e. The minimum atomic E-state index is -0.818. The molecule has 0 amide bonds.